The first-order valence-electron chi connectivity index (χ1n) is 12.2. The van der Waals surface area contributed by atoms with Gasteiger partial charge in [-0.05, 0) is 49.2 Å². The molecule has 1 unspecified atom stereocenters. The van der Waals surface area contributed by atoms with Crippen LogP contribution in [0.4, 0.5) is 11.4 Å². The molecular weight excluding hydrogens is 422 g/mol. The molecule has 168 valence electrons. The van der Waals surface area contributed by atoms with Crippen LogP contribution in [0.25, 0.3) is 16.6 Å². The Bertz CT molecular complexity index is 1460. The van der Waals surface area contributed by atoms with Crippen molar-refractivity contribution in [3.05, 3.63) is 90.1 Å². The van der Waals surface area contributed by atoms with Crippen LogP contribution in [-0.4, -0.2) is 22.4 Å². The maximum absolute atomic E-state index is 14.4. The smallest absolute Gasteiger partial charge is 0.261 e. The lowest BCUT2D eigenvalue weighted by molar-refractivity contribution is -0.121. The SMILES string of the molecule is O=C1C2c3cc4ccccc4n3-c3ccccc3C(=O)N2c2ccccc2N1C1CCCCC1. The molecule has 0 bridgehead atoms. The second kappa shape index (κ2) is 7.32. The summed E-state index contributed by atoms with van der Waals surface area (Å²) in [6.07, 6.45) is 5.50. The van der Waals surface area contributed by atoms with Gasteiger partial charge < -0.3 is 9.47 Å². The number of aromatic nitrogens is 1. The lowest BCUT2D eigenvalue weighted by Crippen LogP contribution is -2.54. The lowest BCUT2D eigenvalue weighted by atomic mass is 9.91. The van der Waals surface area contributed by atoms with Gasteiger partial charge in [0.15, 0.2) is 6.04 Å². The number of fused-ring (bicyclic) bond motifs is 9. The number of hydrogen-bond donors (Lipinski definition) is 0. The zero-order valence-electron chi connectivity index (χ0n) is 18.9. The van der Waals surface area contributed by atoms with Gasteiger partial charge in [-0.2, -0.15) is 0 Å². The molecule has 5 nitrogen and oxygen atoms in total. The van der Waals surface area contributed by atoms with Crippen molar-refractivity contribution in [1.29, 1.82) is 0 Å². The van der Waals surface area contributed by atoms with Gasteiger partial charge in [0.1, 0.15) is 0 Å². The molecule has 5 heteroatoms. The summed E-state index contributed by atoms with van der Waals surface area (Å²) in [6.45, 7) is 0. The van der Waals surface area contributed by atoms with Gasteiger partial charge in [-0.25, -0.2) is 0 Å². The molecule has 3 heterocycles. The highest BCUT2D eigenvalue weighted by atomic mass is 16.2. The topological polar surface area (TPSA) is 45.6 Å². The van der Waals surface area contributed by atoms with Crippen molar-refractivity contribution in [2.24, 2.45) is 0 Å². The number of carbonyl (C=O) groups is 2. The third-order valence-corrected chi connectivity index (χ3v) is 7.68. The maximum Gasteiger partial charge on any atom is 0.261 e. The van der Waals surface area contributed by atoms with Gasteiger partial charge in [-0.15, -0.1) is 0 Å². The first-order valence-corrected chi connectivity index (χ1v) is 12.2. The van der Waals surface area contributed by atoms with Crippen LogP contribution >= 0.6 is 0 Å². The summed E-state index contributed by atoms with van der Waals surface area (Å²) in [5.74, 6) is -0.131. The summed E-state index contributed by atoms with van der Waals surface area (Å²) in [7, 11) is 0. The van der Waals surface area contributed by atoms with E-state index in [0.717, 1.165) is 59.3 Å². The minimum Gasteiger partial charge on any atom is -0.310 e. The number of nitrogens with zero attached hydrogens (tertiary/aromatic N) is 3. The quantitative estimate of drug-likeness (QED) is 0.359. The molecule has 4 aromatic rings. The van der Waals surface area contributed by atoms with Gasteiger partial charge in [0.25, 0.3) is 11.8 Å². The predicted octanol–water partition coefficient (Wildman–Crippen LogP) is 6.01. The van der Waals surface area contributed by atoms with Gasteiger partial charge in [-0.3, -0.25) is 14.5 Å². The Morgan fingerprint density at radius 1 is 0.676 bits per heavy atom. The van der Waals surface area contributed by atoms with Crippen molar-refractivity contribution >= 4 is 34.1 Å². The Morgan fingerprint density at radius 2 is 1.32 bits per heavy atom. The third-order valence-electron chi connectivity index (χ3n) is 7.68. The number of benzene rings is 3. The minimum absolute atomic E-state index is 0.00388. The molecule has 2 amide bonds. The monoisotopic (exact) mass is 447 g/mol. The van der Waals surface area contributed by atoms with E-state index in [4.69, 9.17) is 0 Å². The highest BCUT2D eigenvalue weighted by molar-refractivity contribution is 6.20. The number of rotatable bonds is 1. The Labute approximate surface area is 198 Å². The normalized spacial score (nSPS) is 19.9. The third kappa shape index (κ3) is 2.61. The number of para-hydroxylation sites is 4. The molecule has 0 spiro atoms. The molecule has 1 saturated carbocycles. The van der Waals surface area contributed by atoms with Gasteiger partial charge in [0.2, 0.25) is 0 Å². The summed E-state index contributed by atoms with van der Waals surface area (Å²) < 4.78 is 2.12. The van der Waals surface area contributed by atoms with E-state index in [-0.39, 0.29) is 17.9 Å². The Morgan fingerprint density at radius 3 is 2.12 bits per heavy atom. The van der Waals surface area contributed by atoms with Crippen molar-refractivity contribution in [3.8, 4) is 5.69 Å². The molecule has 0 saturated heterocycles. The largest absolute Gasteiger partial charge is 0.310 e. The van der Waals surface area contributed by atoms with Crippen LogP contribution in [0, 0.1) is 0 Å². The number of anilines is 2. The van der Waals surface area contributed by atoms with E-state index in [1.807, 2.05) is 65.6 Å². The molecule has 1 aliphatic carbocycles. The summed E-state index contributed by atoms with van der Waals surface area (Å²) in [5.41, 5.74) is 4.96. The lowest BCUT2D eigenvalue weighted by Gasteiger charge is -2.45. The summed E-state index contributed by atoms with van der Waals surface area (Å²) >= 11 is 0. The van der Waals surface area contributed by atoms with E-state index in [2.05, 4.69) is 22.8 Å². The average molecular weight is 448 g/mol. The summed E-state index contributed by atoms with van der Waals surface area (Å²) in [6, 6.07) is 25.4. The van der Waals surface area contributed by atoms with Crippen LogP contribution in [0.1, 0.15) is 54.2 Å². The van der Waals surface area contributed by atoms with Crippen molar-refractivity contribution in [1.82, 2.24) is 4.57 Å². The summed E-state index contributed by atoms with van der Waals surface area (Å²) in [5, 5.41) is 1.07. The van der Waals surface area contributed by atoms with Crippen LogP contribution in [-0.2, 0) is 4.79 Å². The van der Waals surface area contributed by atoms with Crippen LogP contribution in [0.3, 0.4) is 0 Å². The predicted molar refractivity (Wildman–Crippen MR) is 134 cm³/mol. The molecule has 1 fully saturated rings. The number of hydrogen-bond acceptors (Lipinski definition) is 2. The van der Waals surface area contributed by atoms with Crippen LogP contribution in [0.15, 0.2) is 78.9 Å². The van der Waals surface area contributed by atoms with Crippen molar-refractivity contribution in [3.63, 3.8) is 0 Å². The fourth-order valence-electron chi connectivity index (χ4n) is 6.20. The highest BCUT2D eigenvalue weighted by Crippen LogP contribution is 2.48. The van der Waals surface area contributed by atoms with E-state index in [0.29, 0.717) is 5.56 Å². The van der Waals surface area contributed by atoms with Crippen LogP contribution in [0.5, 0.6) is 0 Å². The van der Waals surface area contributed by atoms with E-state index < -0.39 is 6.04 Å². The number of carbonyl (C=O) groups excluding carboxylic acids is 2. The second-order valence-corrected chi connectivity index (χ2v) is 9.55. The maximum atomic E-state index is 14.4. The zero-order chi connectivity index (χ0) is 22.8. The van der Waals surface area contributed by atoms with Crippen LogP contribution < -0.4 is 9.80 Å². The van der Waals surface area contributed by atoms with Gasteiger partial charge in [0, 0.05) is 11.4 Å². The molecule has 0 N–H and O–H groups in total. The molecule has 1 atom stereocenters. The van der Waals surface area contributed by atoms with E-state index >= 15 is 0 Å². The van der Waals surface area contributed by atoms with E-state index in [9.17, 15) is 9.59 Å². The Hall–Kier alpha value is -3.86. The molecule has 1 aromatic heterocycles. The van der Waals surface area contributed by atoms with Crippen molar-refractivity contribution < 1.29 is 9.59 Å². The summed E-state index contributed by atoms with van der Waals surface area (Å²) in [4.78, 5) is 32.3. The molecule has 34 heavy (non-hydrogen) atoms. The minimum atomic E-state index is -0.705. The number of amides is 2. The fourth-order valence-corrected chi connectivity index (χ4v) is 6.20. The molecule has 2 aliphatic heterocycles. The fraction of sp³-hybridized carbons (Fsp3) is 0.241. The molecule has 0 radical (unpaired) electrons. The Balaban J connectivity index is 1.54. The van der Waals surface area contributed by atoms with E-state index in [1.165, 1.54) is 6.42 Å². The van der Waals surface area contributed by atoms with E-state index in [1.54, 1.807) is 4.90 Å². The molecule has 3 aliphatic rings. The standard InChI is InChI=1S/C29H25N3O2/c33-28-21-13-5-7-15-23(21)31-22-14-6-4-10-19(22)18-26(31)27-29(34)30(20-11-2-1-3-12-20)24-16-8-9-17-25(24)32(27)28/h4-10,13-18,20,27H,1-3,11-12H2. The highest BCUT2D eigenvalue weighted by Gasteiger charge is 2.48. The Kier molecular flexibility index (Phi) is 4.22. The van der Waals surface area contributed by atoms with Crippen molar-refractivity contribution in [2.75, 3.05) is 9.80 Å². The molecular formula is C29H25N3O2. The van der Waals surface area contributed by atoms with Gasteiger partial charge in [0.05, 0.1) is 33.8 Å². The molecule has 7 rings (SSSR count). The van der Waals surface area contributed by atoms with Gasteiger partial charge >= 0.3 is 0 Å². The average Bonchev–Trinajstić information content (AvgIpc) is 3.22. The molecule has 3 aromatic carbocycles. The van der Waals surface area contributed by atoms with Crippen LogP contribution in [0.2, 0.25) is 0 Å². The first kappa shape index (κ1) is 19.6. The second-order valence-electron chi connectivity index (χ2n) is 9.55. The van der Waals surface area contributed by atoms with Crippen molar-refractivity contribution in [2.45, 2.75) is 44.2 Å². The first-order chi connectivity index (χ1) is 16.7. The van der Waals surface area contributed by atoms with Gasteiger partial charge in [-0.1, -0.05) is 61.7 Å². The zero-order valence-corrected chi connectivity index (χ0v) is 18.9.